The molecule has 0 spiro atoms. The molecule has 90 valence electrons. The number of hydrazone groups is 1. The summed E-state index contributed by atoms with van der Waals surface area (Å²) in [4.78, 5) is 11.2. The number of amides is 1. The first-order valence-corrected chi connectivity index (χ1v) is 5.86. The van der Waals surface area contributed by atoms with E-state index in [0.29, 0.717) is 24.5 Å². The lowest BCUT2D eigenvalue weighted by Crippen LogP contribution is -2.22. The first-order valence-electron chi connectivity index (χ1n) is 5.49. The van der Waals surface area contributed by atoms with E-state index >= 15 is 0 Å². The summed E-state index contributed by atoms with van der Waals surface area (Å²) in [6.07, 6.45) is 1.08. The molecule has 1 aliphatic rings. The van der Waals surface area contributed by atoms with Crippen molar-refractivity contribution in [3.05, 3.63) is 28.8 Å². The molecule has 0 saturated carbocycles. The average Bonchev–Trinajstić information content (AvgIpc) is 2.35. The van der Waals surface area contributed by atoms with E-state index in [0.717, 1.165) is 17.0 Å². The number of carbonyl (C=O) groups excluding carboxylic acids is 1. The van der Waals surface area contributed by atoms with Crippen LogP contribution in [0.3, 0.4) is 0 Å². The summed E-state index contributed by atoms with van der Waals surface area (Å²) in [5.74, 6) is 0.651. The van der Waals surface area contributed by atoms with Crippen LogP contribution in [0.15, 0.2) is 23.3 Å². The summed E-state index contributed by atoms with van der Waals surface area (Å²) in [6, 6.07) is 5.38. The molecule has 0 saturated heterocycles. The predicted molar refractivity (Wildman–Crippen MR) is 66.5 cm³/mol. The van der Waals surface area contributed by atoms with Crippen molar-refractivity contribution < 1.29 is 9.53 Å². The zero-order chi connectivity index (χ0) is 12.3. The standard InChI is InChI=1S/C12H13ClN2O2/c1-2-12(16)15-14-10-5-6-17-11-4-3-8(13)7-9(10)11/h3-4,7H,2,5-6H2,1H3,(H,15,16). The van der Waals surface area contributed by atoms with E-state index < -0.39 is 0 Å². The van der Waals surface area contributed by atoms with Crippen molar-refractivity contribution in [3.8, 4) is 5.75 Å². The van der Waals surface area contributed by atoms with E-state index in [2.05, 4.69) is 10.5 Å². The fraction of sp³-hybridized carbons (Fsp3) is 0.333. The lowest BCUT2D eigenvalue weighted by Gasteiger charge is -2.19. The van der Waals surface area contributed by atoms with Gasteiger partial charge in [-0.2, -0.15) is 5.10 Å². The highest BCUT2D eigenvalue weighted by molar-refractivity contribution is 6.31. The summed E-state index contributed by atoms with van der Waals surface area (Å²) in [5.41, 5.74) is 4.16. The Morgan fingerprint density at radius 3 is 3.18 bits per heavy atom. The number of rotatable bonds is 2. The minimum atomic E-state index is -0.104. The van der Waals surface area contributed by atoms with Gasteiger partial charge in [-0.05, 0) is 18.2 Å². The molecule has 1 aromatic carbocycles. The fourth-order valence-electron chi connectivity index (χ4n) is 1.57. The molecule has 1 heterocycles. The predicted octanol–water partition coefficient (Wildman–Crippen LogP) is 2.35. The van der Waals surface area contributed by atoms with Crippen LogP contribution in [-0.4, -0.2) is 18.2 Å². The largest absolute Gasteiger partial charge is 0.492 e. The molecule has 1 N–H and O–H groups in total. The van der Waals surface area contributed by atoms with Gasteiger partial charge in [0.15, 0.2) is 0 Å². The number of ether oxygens (including phenoxy) is 1. The summed E-state index contributed by atoms with van der Waals surface area (Å²) >= 11 is 5.93. The maximum Gasteiger partial charge on any atom is 0.239 e. The molecule has 0 atom stereocenters. The Hall–Kier alpha value is -1.55. The number of nitrogens with zero attached hydrogens (tertiary/aromatic N) is 1. The van der Waals surface area contributed by atoms with Crippen LogP contribution in [0.1, 0.15) is 25.3 Å². The zero-order valence-corrected chi connectivity index (χ0v) is 10.3. The number of hydrogen-bond acceptors (Lipinski definition) is 3. The summed E-state index contributed by atoms with van der Waals surface area (Å²) in [6.45, 7) is 2.35. The molecule has 5 heteroatoms. The van der Waals surface area contributed by atoms with Crippen LogP contribution >= 0.6 is 11.6 Å². The highest BCUT2D eigenvalue weighted by Gasteiger charge is 2.17. The SMILES string of the molecule is CCC(=O)NN=C1CCOc2ccc(Cl)cc21. The monoisotopic (exact) mass is 252 g/mol. The maximum atomic E-state index is 11.2. The normalized spacial score (nSPS) is 16.2. The molecule has 4 nitrogen and oxygen atoms in total. The highest BCUT2D eigenvalue weighted by atomic mass is 35.5. The van der Waals surface area contributed by atoms with Crippen LogP contribution < -0.4 is 10.2 Å². The Bertz CT molecular complexity index is 472. The molecule has 0 radical (unpaired) electrons. The molecule has 0 aliphatic carbocycles. The quantitative estimate of drug-likeness (QED) is 0.822. The number of halogens is 1. The van der Waals surface area contributed by atoms with Crippen LogP contribution in [0.5, 0.6) is 5.75 Å². The van der Waals surface area contributed by atoms with Crippen molar-refractivity contribution in [2.75, 3.05) is 6.61 Å². The minimum Gasteiger partial charge on any atom is -0.492 e. The second-order valence-corrected chi connectivity index (χ2v) is 4.12. The van der Waals surface area contributed by atoms with Crippen LogP contribution in [0.2, 0.25) is 5.02 Å². The smallest absolute Gasteiger partial charge is 0.239 e. The highest BCUT2D eigenvalue weighted by Crippen LogP contribution is 2.27. The third-order valence-electron chi connectivity index (χ3n) is 2.49. The second-order valence-electron chi connectivity index (χ2n) is 3.69. The summed E-state index contributed by atoms with van der Waals surface area (Å²) in [5, 5.41) is 4.74. The van der Waals surface area contributed by atoms with E-state index in [1.54, 1.807) is 19.1 Å². The lowest BCUT2D eigenvalue weighted by molar-refractivity contribution is -0.120. The van der Waals surface area contributed by atoms with E-state index in [1.807, 2.05) is 6.07 Å². The molecule has 1 aliphatic heterocycles. The molecular formula is C12H13ClN2O2. The van der Waals surface area contributed by atoms with Gasteiger partial charge in [0.25, 0.3) is 0 Å². The van der Waals surface area contributed by atoms with Gasteiger partial charge in [-0.3, -0.25) is 4.79 Å². The number of nitrogens with one attached hydrogen (secondary N) is 1. The van der Waals surface area contributed by atoms with Gasteiger partial charge in [0.05, 0.1) is 12.3 Å². The van der Waals surface area contributed by atoms with E-state index in [1.165, 1.54) is 0 Å². The molecular weight excluding hydrogens is 240 g/mol. The van der Waals surface area contributed by atoms with Gasteiger partial charge >= 0.3 is 0 Å². The number of fused-ring (bicyclic) bond motifs is 1. The fourth-order valence-corrected chi connectivity index (χ4v) is 1.74. The van der Waals surface area contributed by atoms with Crippen molar-refractivity contribution in [2.24, 2.45) is 5.10 Å². The molecule has 0 aromatic heterocycles. The number of carbonyl (C=O) groups is 1. The molecule has 2 rings (SSSR count). The molecule has 1 amide bonds. The Labute approximate surface area is 105 Å². The van der Waals surface area contributed by atoms with Crippen molar-refractivity contribution in [2.45, 2.75) is 19.8 Å². The molecule has 1 aromatic rings. The topological polar surface area (TPSA) is 50.7 Å². The van der Waals surface area contributed by atoms with Gasteiger partial charge in [-0.1, -0.05) is 18.5 Å². The first kappa shape index (κ1) is 11.9. The van der Waals surface area contributed by atoms with Gasteiger partial charge < -0.3 is 4.74 Å². The van der Waals surface area contributed by atoms with Crippen LogP contribution in [0.4, 0.5) is 0 Å². The van der Waals surface area contributed by atoms with Crippen molar-refractivity contribution in [1.29, 1.82) is 0 Å². The van der Waals surface area contributed by atoms with Gasteiger partial charge in [-0.25, -0.2) is 5.43 Å². The summed E-state index contributed by atoms with van der Waals surface area (Å²) in [7, 11) is 0. The molecule has 0 fully saturated rings. The molecule has 0 unspecified atom stereocenters. The first-order chi connectivity index (χ1) is 8.20. The second kappa shape index (κ2) is 5.19. The minimum absolute atomic E-state index is 0.104. The summed E-state index contributed by atoms with van der Waals surface area (Å²) < 4.78 is 5.49. The van der Waals surface area contributed by atoms with Crippen molar-refractivity contribution in [3.63, 3.8) is 0 Å². The van der Waals surface area contributed by atoms with E-state index in [9.17, 15) is 4.79 Å². The van der Waals surface area contributed by atoms with Crippen molar-refractivity contribution >= 4 is 23.2 Å². The maximum absolute atomic E-state index is 11.2. The van der Waals surface area contributed by atoms with Gasteiger partial charge in [0.1, 0.15) is 5.75 Å². The van der Waals surface area contributed by atoms with Gasteiger partial charge in [0, 0.05) is 23.4 Å². The Balaban J connectivity index is 2.27. The van der Waals surface area contributed by atoms with E-state index in [-0.39, 0.29) is 5.91 Å². The third kappa shape index (κ3) is 2.77. The van der Waals surface area contributed by atoms with E-state index in [4.69, 9.17) is 16.3 Å². The Morgan fingerprint density at radius 1 is 1.59 bits per heavy atom. The lowest BCUT2D eigenvalue weighted by atomic mass is 10.0. The Morgan fingerprint density at radius 2 is 2.41 bits per heavy atom. The van der Waals surface area contributed by atoms with Crippen LogP contribution in [-0.2, 0) is 4.79 Å². The zero-order valence-electron chi connectivity index (χ0n) is 9.50. The number of benzene rings is 1. The third-order valence-corrected chi connectivity index (χ3v) is 2.72. The van der Waals surface area contributed by atoms with Gasteiger partial charge in [-0.15, -0.1) is 0 Å². The molecule has 17 heavy (non-hydrogen) atoms. The number of hydrogen-bond donors (Lipinski definition) is 1. The molecule has 0 bridgehead atoms. The average molecular weight is 253 g/mol. The van der Waals surface area contributed by atoms with Gasteiger partial charge in [0.2, 0.25) is 5.91 Å². The van der Waals surface area contributed by atoms with Crippen LogP contribution in [0.25, 0.3) is 0 Å². The van der Waals surface area contributed by atoms with Crippen molar-refractivity contribution in [1.82, 2.24) is 5.43 Å². The van der Waals surface area contributed by atoms with Crippen LogP contribution in [0, 0.1) is 0 Å². The Kier molecular flexibility index (Phi) is 3.64.